The normalized spacial score (nSPS) is 10.3. The van der Waals surface area contributed by atoms with E-state index in [2.05, 4.69) is 5.10 Å². The van der Waals surface area contributed by atoms with Crippen LogP contribution in [0.3, 0.4) is 0 Å². The lowest BCUT2D eigenvalue weighted by Gasteiger charge is -1.98. The van der Waals surface area contributed by atoms with Gasteiger partial charge in [0.15, 0.2) is 0 Å². The number of nitriles is 1. The molecule has 0 atom stereocenters. The highest BCUT2D eigenvalue weighted by atomic mass is 16.1. The highest BCUT2D eigenvalue weighted by molar-refractivity contribution is 5.44. The average molecular weight is 188 g/mol. The van der Waals surface area contributed by atoms with Crippen molar-refractivity contribution < 1.29 is 0 Å². The topological polar surface area (TPSA) is 63.1 Å². The van der Waals surface area contributed by atoms with E-state index in [0.717, 1.165) is 5.69 Å². The molecule has 0 bridgehead atoms. The second-order valence-electron chi connectivity index (χ2n) is 3.00. The highest BCUT2D eigenvalue weighted by Crippen LogP contribution is 1.99. The monoisotopic (exact) mass is 188 g/mol. The zero-order chi connectivity index (χ0) is 10.1. The van der Waals surface area contributed by atoms with Crippen LogP contribution >= 0.6 is 0 Å². The molecule has 2 heterocycles. The average Bonchev–Trinajstić information content (AvgIpc) is 2.52. The van der Waals surface area contributed by atoms with Gasteiger partial charge in [0.1, 0.15) is 12.1 Å². The van der Waals surface area contributed by atoms with Crippen LogP contribution in [-0.4, -0.2) is 14.2 Å². The maximum atomic E-state index is 11.7. The van der Waals surface area contributed by atoms with Crippen molar-refractivity contribution in [1.82, 2.24) is 14.2 Å². The van der Waals surface area contributed by atoms with Gasteiger partial charge >= 0.3 is 0 Å². The first kappa shape index (κ1) is 8.51. The Balaban J connectivity index is 2.76. The molecule has 0 aromatic carbocycles. The summed E-state index contributed by atoms with van der Waals surface area (Å²) in [6.45, 7) is 1.89. The SMILES string of the molecule is Cc1cc2c(=O)n(CC#N)ccn2n1. The first-order valence-electron chi connectivity index (χ1n) is 4.15. The molecule has 0 fully saturated rings. The summed E-state index contributed by atoms with van der Waals surface area (Å²) in [6.07, 6.45) is 3.23. The van der Waals surface area contributed by atoms with E-state index in [1.54, 1.807) is 18.5 Å². The number of aromatic nitrogens is 3. The maximum Gasteiger partial charge on any atom is 0.277 e. The third-order valence-corrected chi connectivity index (χ3v) is 1.97. The van der Waals surface area contributed by atoms with E-state index in [4.69, 9.17) is 5.26 Å². The maximum absolute atomic E-state index is 11.7. The molecular weight excluding hydrogens is 180 g/mol. The molecule has 0 unspecified atom stereocenters. The van der Waals surface area contributed by atoms with Crippen molar-refractivity contribution in [1.29, 1.82) is 5.26 Å². The zero-order valence-electron chi connectivity index (χ0n) is 7.64. The molecule has 0 spiro atoms. The minimum Gasteiger partial charge on any atom is -0.298 e. The minimum atomic E-state index is -0.186. The summed E-state index contributed by atoms with van der Waals surface area (Å²) in [7, 11) is 0. The number of rotatable bonds is 1. The second-order valence-corrected chi connectivity index (χ2v) is 3.00. The van der Waals surface area contributed by atoms with Crippen LogP contribution in [0.1, 0.15) is 5.69 Å². The Bertz CT molecular complexity index is 572. The molecule has 2 rings (SSSR count). The molecule has 0 aliphatic rings. The number of hydrogen-bond donors (Lipinski definition) is 0. The standard InChI is InChI=1S/C9H8N4O/c1-7-6-8-9(14)12(3-2-10)4-5-13(8)11-7/h4-6H,3H2,1H3. The number of aryl methyl sites for hydroxylation is 1. The van der Waals surface area contributed by atoms with Crippen LogP contribution in [0.25, 0.3) is 5.52 Å². The van der Waals surface area contributed by atoms with Crippen molar-refractivity contribution in [3.8, 4) is 6.07 Å². The Morgan fingerprint density at radius 1 is 1.57 bits per heavy atom. The molecular formula is C9H8N4O. The third kappa shape index (κ3) is 1.17. The number of nitrogens with zero attached hydrogens (tertiary/aromatic N) is 4. The van der Waals surface area contributed by atoms with Crippen LogP contribution < -0.4 is 5.56 Å². The van der Waals surface area contributed by atoms with Gasteiger partial charge in [-0.1, -0.05) is 0 Å². The van der Waals surface area contributed by atoms with Crippen LogP contribution in [-0.2, 0) is 6.54 Å². The van der Waals surface area contributed by atoms with Gasteiger partial charge in [0.05, 0.1) is 11.8 Å². The van der Waals surface area contributed by atoms with Crippen LogP contribution in [0.4, 0.5) is 0 Å². The molecule has 14 heavy (non-hydrogen) atoms. The molecule has 0 saturated carbocycles. The summed E-state index contributed by atoms with van der Waals surface area (Å²) in [6, 6.07) is 3.63. The highest BCUT2D eigenvalue weighted by Gasteiger charge is 2.03. The largest absolute Gasteiger partial charge is 0.298 e. The van der Waals surface area contributed by atoms with Gasteiger partial charge in [-0.15, -0.1) is 0 Å². The molecule has 0 radical (unpaired) electrons. The molecule has 0 aliphatic carbocycles. The molecule has 0 aliphatic heterocycles. The fourth-order valence-corrected chi connectivity index (χ4v) is 1.35. The van der Waals surface area contributed by atoms with Crippen molar-refractivity contribution in [2.45, 2.75) is 13.5 Å². The summed E-state index contributed by atoms with van der Waals surface area (Å²) in [5.74, 6) is 0. The zero-order valence-corrected chi connectivity index (χ0v) is 7.64. The van der Waals surface area contributed by atoms with E-state index in [9.17, 15) is 4.79 Å². The molecule has 5 heteroatoms. The summed E-state index contributed by atoms with van der Waals surface area (Å²) >= 11 is 0. The van der Waals surface area contributed by atoms with E-state index in [1.165, 1.54) is 9.08 Å². The Kier molecular flexibility index (Phi) is 1.82. The van der Waals surface area contributed by atoms with Gasteiger partial charge in [0.25, 0.3) is 5.56 Å². The second kappa shape index (κ2) is 3.00. The van der Waals surface area contributed by atoms with Crippen LogP contribution in [0, 0.1) is 18.3 Å². The van der Waals surface area contributed by atoms with Gasteiger partial charge < -0.3 is 0 Å². The third-order valence-electron chi connectivity index (χ3n) is 1.97. The van der Waals surface area contributed by atoms with Crippen molar-refractivity contribution in [3.63, 3.8) is 0 Å². The lowest BCUT2D eigenvalue weighted by atomic mass is 10.4. The molecule has 2 aromatic heterocycles. The van der Waals surface area contributed by atoms with Crippen LogP contribution in [0.2, 0.25) is 0 Å². The van der Waals surface area contributed by atoms with Gasteiger partial charge in [-0.05, 0) is 13.0 Å². The Hall–Kier alpha value is -2.09. The summed E-state index contributed by atoms with van der Waals surface area (Å²) in [4.78, 5) is 11.7. The first-order valence-corrected chi connectivity index (χ1v) is 4.15. The quantitative estimate of drug-likeness (QED) is 0.647. The first-order chi connectivity index (χ1) is 6.72. The van der Waals surface area contributed by atoms with E-state index in [1.807, 2.05) is 13.0 Å². The number of fused-ring (bicyclic) bond motifs is 1. The molecule has 0 amide bonds. The predicted molar refractivity (Wildman–Crippen MR) is 49.8 cm³/mol. The Morgan fingerprint density at radius 3 is 3.07 bits per heavy atom. The van der Waals surface area contributed by atoms with Crippen molar-refractivity contribution in [2.75, 3.05) is 0 Å². The van der Waals surface area contributed by atoms with E-state index in [-0.39, 0.29) is 12.1 Å². The molecule has 0 saturated heterocycles. The van der Waals surface area contributed by atoms with Gasteiger partial charge in [-0.2, -0.15) is 10.4 Å². The van der Waals surface area contributed by atoms with Crippen molar-refractivity contribution in [3.05, 3.63) is 34.5 Å². The lowest BCUT2D eigenvalue weighted by Crippen LogP contribution is -2.20. The van der Waals surface area contributed by atoms with Crippen LogP contribution in [0.5, 0.6) is 0 Å². The van der Waals surface area contributed by atoms with Gasteiger partial charge in [-0.25, -0.2) is 4.52 Å². The van der Waals surface area contributed by atoms with Gasteiger partial charge in [0, 0.05) is 12.4 Å². The van der Waals surface area contributed by atoms with Crippen molar-refractivity contribution in [2.24, 2.45) is 0 Å². The molecule has 70 valence electrons. The molecule has 5 nitrogen and oxygen atoms in total. The van der Waals surface area contributed by atoms with E-state index in [0.29, 0.717) is 5.52 Å². The van der Waals surface area contributed by atoms with E-state index < -0.39 is 0 Å². The number of hydrogen-bond acceptors (Lipinski definition) is 3. The smallest absolute Gasteiger partial charge is 0.277 e. The summed E-state index contributed by atoms with van der Waals surface area (Å²) < 4.78 is 2.88. The predicted octanol–water partition coefficient (Wildman–Crippen LogP) is 0.328. The molecule has 2 aromatic rings. The summed E-state index contributed by atoms with van der Waals surface area (Å²) in [5, 5.41) is 12.6. The lowest BCUT2D eigenvalue weighted by molar-refractivity contribution is 0.765. The molecule has 0 N–H and O–H groups in total. The van der Waals surface area contributed by atoms with Crippen molar-refractivity contribution >= 4 is 5.52 Å². The van der Waals surface area contributed by atoms with Gasteiger partial charge in [-0.3, -0.25) is 9.36 Å². The van der Waals surface area contributed by atoms with Crippen LogP contribution in [0.15, 0.2) is 23.3 Å². The van der Waals surface area contributed by atoms with E-state index >= 15 is 0 Å². The summed E-state index contributed by atoms with van der Waals surface area (Å²) in [5.41, 5.74) is 1.10. The fourth-order valence-electron chi connectivity index (χ4n) is 1.35. The Labute approximate surface area is 79.8 Å². The fraction of sp³-hybridized carbons (Fsp3) is 0.222. The Morgan fingerprint density at radius 2 is 2.36 bits per heavy atom. The van der Waals surface area contributed by atoms with Gasteiger partial charge in [0.2, 0.25) is 0 Å². The minimum absolute atomic E-state index is 0.0690.